The lowest BCUT2D eigenvalue weighted by atomic mass is 10.1. The summed E-state index contributed by atoms with van der Waals surface area (Å²) in [7, 11) is -3.40. The molecule has 3 aromatic rings. The molecular weight excluding hydrogens is 538 g/mol. The Kier molecular flexibility index (Phi) is 9.97. The molecule has 1 atom stereocenters. The normalized spacial score (nSPS) is 12.6. The van der Waals surface area contributed by atoms with E-state index in [-0.39, 0.29) is 18.3 Å². The van der Waals surface area contributed by atoms with Crippen LogP contribution in [0.2, 0.25) is 5.02 Å². The number of carbonyl (C=O) groups excluding carboxylic acids is 1. The third-order valence-electron chi connectivity index (χ3n) is 5.73. The third kappa shape index (κ3) is 7.09. The van der Waals surface area contributed by atoms with Crippen molar-refractivity contribution < 1.29 is 22.7 Å². The van der Waals surface area contributed by atoms with E-state index >= 15 is 0 Å². The number of unbranched alkanes of at least 4 members (excludes halogenated alkanes) is 1. The van der Waals surface area contributed by atoms with E-state index < -0.39 is 9.84 Å². The van der Waals surface area contributed by atoms with Crippen LogP contribution in [-0.4, -0.2) is 38.6 Å². The van der Waals surface area contributed by atoms with Gasteiger partial charge in [-0.3, -0.25) is 0 Å². The largest absolute Gasteiger partial charge is 0.482 e. The number of esters is 1. The Hall–Kier alpha value is -1.94. The van der Waals surface area contributed by atoms with Crippen molar-refractivity contribution in [3.63, 3.8) is 0 Å². The maximum atomic E-state index is 13.0. The van der Waals surface area contributed by atoms with Gasteiger partial charge in [-0.1, -0.05) is 24.9 Å². The molecule has 0 aliphatic rings. The van der Waals surface area contributed by atoms with Gasteiger partial charge in [0.05, 0.1) is 23.1 Å². The number of fused-ring (bicyclic) bond motifs is 1. The highest BCUT2D eigenvalue weighted by molar-refractivity contribution is 8.00. The molecule has 0 aliphatic carbocycles. The van der Waals surface area contributed by atoms with Gasteiger partial charge in [-0.2, -0.15) is 0 Å². The van der Waals surface area contributed by atoms with Gasteiger partial charge < -0.3 is 15.2 Å². The smallest absolute Gasteiger partial charge is 0.344 e. The predicted octanol–water partition coefficient (Wildman–Crippen LogP) is 6.82. The molecule has 10 heteroatoms. The second-order valence-corrected chi connectivity index (χ2v) is 13.9. The van der Waals surface area contributed by atoms with Crippen molar-refractivity contribution >= 4 is 66.3 Å². The van der Waals surface area contributed by atoms with E-state index in [0.717, 1.165) is 33.4 Å². The number of ether oxygens (including phenoxy) is 2. The predicted molar refractivity (Wildman–Crippen MR) is 151 cm³/mol. The zero-order valence-electron chi connectivity index (χ0n) is 20.9. The maximum Gasteiger partial charge on any atom is 0.344 e. The number of anilines is 1. The Morgan fingerprint density at radius 1 is 1.19 bits per heavy atom. The standard InChI is InChI=1S/C26H32ClNO5S3/c1-5-32-23(29)15-33-21-11-9-19(14-16(21)2)34-17(3)8-6-7-13-36(30,31)26-18(4)24-22(35-26)12-10-20(27)25(24)28/h9-12,14,17H,5-8,13,15,28H2,1-4H3/t17-/m1/s1. The van der Waals surface area contributed by atoms with Crippen molar-refractivity contribution in [2.75, 3.05) is 24.7 Å². The molecule has 1 heterocycles. The fourth-order valence-electron chi connectivity index (χ4n) is 3.93. The van der Waals surface area contributed by atoms with Gasteiger partial charge in [0.15, 0.2) is 16.4 Å². The highest BCUT2D eigenvalue weighted by Gasteiger charge is 2.23. The van der Waals surface area contributed by atoms with Crippen LogP contribution < -0.4 is 10.5 Å². The van der Waals surface area contributed by atoms with Crippen LogP contribution in [0.3, 0.4) is 0 Å². The number of aryl methyl sites for hydroxylation is 2. The average Bonchev–Trinajstić information content (AvgIpc) is 3.17. The average molecular weight is 570 g/mol. The van der Waals surface area contributed by atoms with E-state index in [2.05, 4.69) is 6.92 Å². The van der Waals surface area contributed by atoms with Crippen LogP contribution >= 0.6 is 34.7 Å². The molecule has 0 saturated carbocycles. The van der Waals surface area contributed by atoms with Crippen molar-refractivity contribution in [3.05, 3.63) is 46.5 Å². The molecule has 0 aliphatic heterocycles. The lowest BCUT2D eigenvalue weighted by molar-refractivity contribution is -0.145. The van der Waals surface area contributed by atoms with Gasteiger partial charge in [0.1, 0.15) is 9.96 Å². The van der Waals surface area contributed by atoms with Gasteiger partial charge in [0.25, 0.3) is 0 Å². The van der Waals surface area contributed by atoms with E-state index in [1.165, 1.54) is 11.3 Å². The number of benzene rings is 2. The molecule has 6 nitrogen and oxygen atoms in total. The Morgan fingerprint density at radius 3 is 2.64 bits per heavy atom. The molecule has 3 rings (SSSR count). The molecule has 0 unspecified atom stereocenters. The molecule has 36 heavy (non-hydrogen) atoms. The second-order valence-electron chi connectivity index (χ2n) is 8.61. The number of sulfone groups is 1. The Bertz CT molecular complexity index is 1340. The van der Waals surface area contributed by atoms with Crippen LogP contribution in [0, 0.1) is 13.8 Å². The van der Waals surface area contributed by atoms with Gasteiger partial charge in [0, 0.05) is 20.2 Å². The molecule has 0 fully saturated rings. The van der Waals surface area contributed by atoms with Crippen LogP contribution in [0.1, 0.15) is 44.2 Å². The van der Waals surface area contributed by atoms with Crippen molar-refractivity contribution in [3.8, 4) is 5.75 Å². The van der Waals surface area contributed by atoms with Gasteiger partial charge in [0.2, 0.25) is 0 Å². The summed E-state index contributed by atoms with van der Waals surface area (Å²) in [5, 5.41) is 1.50. The maximum absolute atomic E-state index is 13.0. The number of thiophene rings is 1. The van der Waals surface area contributed by atoms with Crippen molar-refractivity contribution in [2.24, 2.45) is 0 Å². The third-order valence-corrected chi connectivity index (χ3v) is 11.0. The highest BCUT2D eigenvalue weighted by Crippen LogP contribution is 2.40. The first-order valence-corrected chi connectivity index (χ1v) is 15.5. The van der Waals surface area contributed by atoms with Gasteiger partial charge in [-0.15, -0.1) is 23.1 Å². The SMILES string of the molecule is CCOC(=O)COc1ccc(S[C@H](C)CCCCS(=O)(=O)c2sc3ccc(Cl)c(N)c3c2C)cc1C. The first kappa shape index (κ1) is 28.6. The summed E-state index contributed by atoms with van der Waals surface area (Å²) in [4.78, 5) is 12.6. The van der Waals surface area contributed by atoms with Crippen LogP contribution in [0.15, 0.2) is 39.4 Å². The summed E-state index contributed by atoms with van der Waals surface area (Å²) in [5.74, 6) is 0.380. The van der Waals surface area contributed by atoms with E-state index in [1.807, 2.05) is 31.2 Å². The summed E-state index contributed by atoms with van der Waals surface area (Å²) in [6.07, 6.45) is 2.30. The number of halogens is 1. The lowest BCUT2D eigenvalue weighted by Crippen LogP contribution is -2.14. The number of rotatable bonds is 12. The number of hydrogen-bond acceptors (Lipinski definition) is 8. The summed E-state index contributed by atoms with van der Waals surface area (Å²) in [6, 6.07) is 9.40. The first-order chi connectivity index (χ1) is 17.0. The Morgan fingerprint density at radius 2 is 1.94 bits per heavy atom. The van der Waals surface area contributed by atoms with Crippen molar-refractivity contribution in [2.45, 2.75) is 61.3 Å². The van der Waals surface area contributed by atoms with Gasteiger partial charge in [-0.25, -0.2) is 13.2 Å². The molecule has 0 bridgehead atoms. The summed E-state index contributed by atoms with van der Waals surface area (Å²) >= 11 is 9.13. The zero-order chi connectivity index (χ0) is 26.5. The summed E-state index contributed by atoms with van der Waals surface area (Å²) in [6.45, 7) is 7.86. The Balaban J connectivity index is 1.50. The van der Waals surface area contributed by atoms with Crippen LogP contribution in [0.5, 0.6) is 5.75 Å². The molecule has 196 valence electrons. The quantitative estimate of drug-likeness (QED) is 0.111. The van der Waals surface area contributed by atoms with E-state index in [9.17, 15) is 13.2 Å². The minimum absolute atomic E-state index is 0.108. The Labute approximate surface area is 226 Å². The van der Waals surface area contributed by atoms with Gasteiger partial charge >= 0.3 is 5.97 Å². The first-order valence-electron chi connectivity index (χ1n) is 11.8. The van der Waals surface area contributed by atoms with Crippen LogP contribution in [-0.2, 0) is 19.4 Å². The van der Waals surface area contributed by atoms with E-state index in [0.29, 0.717) is 44.5 Å². The van der Waals surface area contributed by atoms with Gasteiger partial charge in [-0.05, 0) is 75.1 Å². The number of carbonyl (C=O) groups is 1. The minimum atomic E-state index is -3.40. The van der Waals surface area contributed by atoms with E-state index in [4.69, 9.17) is 26.8 Å². The molecule has 1 aromatic heterocycles. The monoisotopic (exact) mass is 569 g/mol. The number of hydrogen-bond donors (Lipinski definition) is 1. The van der Waals surface area contributed by atoms with Crippen molar-refractivity contribution in [1.82, 2.24) is 0 Å². The summed E-state index contributed by atoms with van der Waals surface area (Å²) in [5.41, 5.74) is 8.17. The number of thioether (sulfide) groups is 1. The summed E-state index contributed by atoms with van der Waals surface area (Å²) < 4.78 is 37.7. The number of nitrogens with two attached hydrogens (primary N) is 1. The molecule has 0 spiro atoms. The fraction of sp³-hybridized carbons (Fsp3) is 0.423. The number of nitrogen functional groups attached to an aromatic ring is 1. The molecule has 0 amide bonds. The molecule has 2 N–H and O–H groups in total. The minimum Gasteiger partial charge on any atom is -0.482 e. The molecular formula is C26H32ClNO5S3. The zero-order valence-corrected chi connectivity index (χ0v) is 24.1. The fourth-order valence-corrected chi connectivity index (χ4v) is 8.54. The van der Waals surface area contributed by atoms with Crippen molar-refractivity contribution in [1.29, 1.82) is 0 Å². The van der Waals surface area contributed by atoms with Crippen LogP contribution in [0.4, 0.5) is 5.69 Å². The highest BCUT2D eigenvalue weighted by atomic mass is 35.5. The second kappa shape index (κ2) is 12.5. The van der Waals surface area contributed by atoms with E-state index in [1.54, 1.807) is 31.7 Å². The topological polar surface area (TPSA) is 95.7 Å². The van der Waals surface area contributed by atoms with Crippen LogP contribution in [0.25, 0.3) is 10.1 Å². The molecule has 0 radical (unpaired) electrons. The lowest BCUT2D eigenvalue weighted by Gasteiger charge is -2.13. The molecule has 2 aromatic carbocycles. The molecule has 0 saturated heterocycles.